The number of halogens is 1. The van der Waals surface area contributed by atoms with Crippen molar-refractivity contribution in [2.45, 2.75) is 44.3 Å². The van der Waals surface area contributed by atoms with Gasteiger partial charge in [-0.3, -0.25) is 4.90 Å². The number of benzene rings is 1. The van der Waals surface area contributed by atoms with Gasteiger partial charge in [0.25, 0.3) is 0 Å². The molecule has 2 aliphatic heterocycles. The van der Waals surface area contributed by atoms with E-state index in [0.717, 1.165) is 25.2 Å². The SMILES string of the molecule is C[C@H](c1ccc(F)cc1)n1cncc1C1CCCC2CNCCN21. The van der Waals surface area contributed by atoms with Crippen molar-refractivity contribution >= 4 is 0 Å². The van der Waals surface area contributed by atoms with Crippen LogP contribution in [0.15, 0.2) is 36.8 Å². The lowest BCUT2D eigenvalue weighted by Crippen LogP contribution is -2.54. The van der Waals surface area contributed by atoms with Gasteiger partial charge in [-0.25, -0.2) is 9.37 Å². The lowest BCUT2D eigenvalue weighted by Gasteiger charge is -2.45. The molecule has 2 unspecified atom stereocenters. The maximum absolute atomic E-state index is 13.2. The first-order chi connectivity index (χ1) is 11.7. The molecule has 1 N–H and O–H groups in total. The van der Waals surface area contributed by atoms with Crippen LogP contribution in [0.5, 0.6) is 0 Å². The molecule has 3 atom stereocenters. The highest BCUT2D eigenvalue weighted by atomic mass is 19.1. The topological polar surface area (TPSA) is 33.1 Å². The Balaban J connectivity index is 1.63. The van der Waals surface area contributed by atoms with Gasteiger partial charge < -0.3 is 9.88 Å². The molecule has 2 fully saturated rings. The molecule has 0 amide bonds. The maximum Gasteiger partial charge on any atom is 0.123 e. The fraction of sp³-hybridized carbons (Fsp3) is 0.526. The molecule has 0 aliphatic carbocycles. The number of piperidine rings is 1. The van der Waals surface area contributed by atoms with Crippen molar-refractivity contribution in [3.63, 3.8) is 0 Å². The first-order valence-corrected chi connectivity index (χ1v) is 8.97. The van der Waals surface area contributed by atoms with E-state index in [4.69, 9.17) is 0 Å². The standard InChI is InChI=1S/C19H25FN4/c1-14(15-5-7-16(20)8-6-15)24-13-22-12-19(24)18-4-2-3-17-11-21-9-10-23(17)18/h5-8,12-14,17-18,21H,2-4,9-11H2,1H3/t14-,17?,18?/m1/s1. The third-order valence-electron chi connectivity index (χ3n) is 5.62. The second-order valence-electron chi connectivity index (χ2n) is 7.00. The summed E-state index contributed by atoms with van der Waals surface area (Å²) in [5, 5.41) is 3.52. The molecule has 0 saturated carbocycles. The van der Waals surface area contributed by atoms with Crippen LogP contribution in [0, 0.1) is 5.82 Å². The minimum Gasteiger partial charge on any atom is -0.326 e. The van der Waals surface area contributed by atoms with Gasteiger partial charge in [0.05, 0.1) is 24.1 Å². The molecule has 0 spiro atoms. The van der Waals surface area contributed by atoms with Crippen molar-refractivity contribution in [2.24, 2.45) is 0 Å². The predicted octanol–water partition coefficient (Wildman–Crippen LogP) is 3.13. The highest BCUT2D eigenvalue weighted by Gasteiger charge is 2.35. The fourth-order valence-electron chi connectivity index (χ4n) is 4.28. The minimum absolute atomic E-state index is 0.159. The summed E-state index contributed by atoms with van der Waals surface area (Å²) in [6, 6.07) is 8.06. The van der Waals surface area contributed by atoms with Crippen LogP contribution in [0.25, 0.3) is 0 Å². The van der Waals surface area contributed by atoms with Gasteiger partial charge in [-0.05, 0) is 43.9 Å². The number of nitrogens with zero attached hydrogens (tertiary/aromatic N) is 3. The Morgan fingerprint density at radius 3 is 2.92 bits per heavy atom. The fourth-order valence-corrected chi connectivity index (χ4v) is 4.28. The second kappa shape index (κ2) is 6.65. The second-order valence-corrected chi connectivity index (χ2v) is 7.00. The summed E-state index contributed by atoms with van der Waals surface area (Å²) < 4.78 is 15.5. The molecular formula is C19H25FN4. The van der Waals surface area contributed by atoms with Gasteiger partial charge in [0.1, 0.15) is 5.82 Å². The average Bonchev–Trinajstić information content (AvgIpc) is 3.11. The zero-order valence-electron chi connectivity index (χ0n) is 14.2. The van der Waals surface area contributed by atoms with Crippen LogP contribution >= 0.6 is 0 Å². The Morgan fingerprint density at radius 2 is 2.08 bits per heavy atom. The van der Waals surface area contributed by atoms with Crippen molar-refractivity contribution in [3.8, 4) is 0 Å². The molecular weight excluding hydrogens is 303 g/mol. The Morgan fingerprint density at radius 1 is 1.25 bits per heavy atom. The largest absolute Gasteiger partial charge is 0.326 e. The molecule has 2 aromatic rings. The molecule has 1 aromatic heterocycles. The van der Waals surface area contributed by atoms with Gasteiger partial charge in [0.2, 0.25) is 0 Å². The van der Waals surface area contributed by atoms with E-state index in [-0.39, 0.29) is 11.9 Å². The lowest BCUT2D eigenvalue weighted by molar-refractivity contribution is 0.0575. The Hall–Kier alpha value is -1.72. The molecule has 4 nitrogen and oxygen atoms in total. The maximum atomic E-state index is 13.2. The number of aromatic nitrogens is 2. The highest BCUT2D eigenvalue weighted by Crippen LogP contribution is 2.36. The van der Waals surface area contributed by atoms with E-state index >= 15 is 0 Å². The Labute approximate surface area is 142 Å². The van der Waals surface area contributed by atoms with Gasteiger partial charge in [0, 0.05) is 31.9 Å². The molecule has 24 heavy (non-hydrogen) atoms. The van der Waals surface area contributed by atoms with Gasteiger partial charge >= 0.3 is 0 Å². The summed E-state index contributed by atoms with van der Waals surface area (Å²) in [5.74, 6) is -0.187. The van der Waals surface area contributed by atoms with Crippen molar-refractivity contribution in [1.82, 2.24) is 19.8 Å². The smallest absolute Gasteiger partial charge is 0.123 e. The van der Waals surface area contributed by atoms with Crippen molar-refractivity contribution in [3.05, 3.63) is 53.9 Å². The Kier molecular flexibility index (Phi) is 4.37. The molecule has 1 aromatic carbocycles. The number of imidazole rings is 1. The third-order valence-corrected chi connectivity index (χ3v) is 5.62. The summed E-state index contributed by atoms with van der Waals surface area (Å²) in [4.78, 5) is 7.10. The van der Waals surface area contributed by atoms with Gasteiger partial charge in [0.15, 0.2) is 0 Å². The molecule has 2 saturated heterocycles. The van der Waals surface area contributed by atoms with E-state index in [1.807, 2.05) is 24.7 Å². The van der Waals surface area contributed by atoms with Crippen LogP contribution in [-0.2, 0) is 0 Å². The predicted molar refractivity (Wildman–Crippen MR) is 92.4 cm³/mol. The van der Waals surface area contributed by atoms with E-state index in [2.05, 4.69) is 26.7 Å². The van der Waals surface area contributed by atoms with Crippen LogP contribution in [0.3, 0.4) is 0 Å². The number of hydrogen-bond donors (Lipinski definition) is 1. The van der Waals surface area contributed by atoms with Gasteiger partial charge in [-0.15, -0.1) is 0 Å². The number of hydrogen-bond acceptors (Lipinski definition) is 3. The van der Waals surface area contributed by atoms with Crippen molar-refractivity contribution in [2.75, 3.05) is 19.6 Å². The monoisotopic (exact) mass is 328 g/mol. The van der Waals surface area contributed by atoms with Crippen LogP contribution < -0.4 is 5.32 Å². The van der Waals surface area contributed by atoms with Gasteiger partial charge in [-0.2, -0.15) is 0 Å². The summed E-state index contributed by atoms with van der Waals surface area (Å²) in [6.07, 6.45) is 7.69. The molecule has 0 bridgehead atoms. The van der Waals surface area contributed by atoms with Crippen LogP contribution in [0.4, 0.5) is 4.39 Å². The highest BCUT2D eigenvalue weighted by molar-refractivity contribution is 5.22. The first-order valence-electron chi connectivity index (χ1n) is 8.97. The molecule has 3 heterocycles. The zero-order valence-corrected chi connectivity index (χ0v) is 14.2. The van der Waals surface area contributed by atoms with E-state index in [1.54, 1.807) is 0 Å². The number of fused-ring (bicyclic) bond motifs is 1. The molecule has 128 valence electrons. The molecule has 0 radical (unpaired) electrons. The summed E-state index contributed by atoms with van der Waals surface area (Å²) in [5.41, 5.74) is 2.40. The normalized spacial score (nSPS) is 26.1. The molecule has 4 rings (SSSR count). The Bertz CT molecular complexity index is 679. The van der Waals surface area contributed by atoms with Crippen LogP contribution in [0.2, 0.25) is 0 Å². The van der Waals surface area contributed by atoms with E-state index in [0.29, 0.717) is 12.1 Å². The summed E-state index contributed by atoms with van der Waals surface area (Å²) >= 11 is 0. The van der Waals surface area contributed by atoms with Crippen molar-refractivity contribution in [1.29, 1.82) is 0 Å². The van der Waals surface area contributed by atoms with Crippen molar-refractivity contribution < 1.29 is 4.39 Å². The van der Waals surface area contributed by atoms with Gasteiger partial charge in [-0.1, -0.05) is 12.1 Å². The third kappa shape index (κ3) is 2.87. The average molecular weight is 328 g/mol. The van der Waals surface area contributed by atoms with E-state index in [1.165, 1.54) is 37.1 Å². The number of piperazine rings is 1. The minimum atomic E-state index is -0.187. The number of rotatable bonds is 3. The zero-order chi connectivity index (χ0) is 16.5. The van der Waals surface area contributed by atoms with Crippen LogP contribution in [0.1, 0.15) is 49.5 Å². The summed E-state index contributed by atoms with van der Waals surface area (Å²) in [6.45, 7) is 5.43. The lowest BCUT2D eigenvalue weighted by atomic mass is 9.92. The van der Waals surface area contributed by atoms with E-state index in [9.17, 15) is 4.39 Å². The molecule has 5 heteroatoms. The van der Waals surface area contributed by atoms with E-state index < -0.39 is 0 Å². The quantitative estimate of drug-likeness (QED) is 0.940. The first kappa shape index (κ1) is 15.8. The van der Waals surface area contributed by atoms with Crippen LogP contribution in [-0.4, -0.2) is 40.1 Å². The molecule has 2 aliphatic rings. The number of nitrogens with one attached hydrogen (secondary N) is 1. The summed E-state index contributed by atoms with van der Waals surface area (Å²) in [7, 11) is 0.